The first-order valence-electron chi connectivity index (χ1n) is 5.72. The van der Waals surface area contributed by atoms with Crippen molar-refractivity contribution in [3.63, 3.8) is 0 Å². The highest BCUT2D eigenvalue weighted by Crippen LogP contribution is 2.21. The van der Waals surface area contributed by atoms with Gasteiger partial charge < -0.3 is 10.8 Å². The Hall–Kier alpha value is -1.18. The van der Waals surface area contributed by atoms with Gasteiger partial charge in [0, 0.05) is 0 Å². The van der Waals surface area contributed by atoms with Crippen LogP contribution in [0.3, 0.4) is 0 Å². The molecule has 1 aliphatic rings. The third-order valence-electron chi connectivity index (χ3n) is 2.82. The number of hydrogen-bond acceptors (Lipinski definition) is 2. The van der Waals surface area contributed by atoms with Crippen molar-refractivity contribution in [1.82, 2.24) is 0 Å². The van der Waals surface area contributed by atoms with Gasteiger partial charge in [-0.2, -0.15) is 0 Å². The minimum Gasteiger partial charge on any atom is -0.301 e. The number of allylic oxidation sites excluding steroid dienone is 4. The lowest BCUT2D eigenvalue weighted by Gasteiger charge is -2.17. The summed E-state index contributed by atoms with van der Waals surface area (Å²) in [6.45, 7) is 4.35. The molecule has 0 aliphatic heterocycles. The third kappa shape index (κ3) is 3.46. The SMILES string of the molecule is CCCCCC(C)C1=CC(=N)C=CC1=N. The van der Waals surface area contributed by atoms with Crippen molar-refractivity contribution in [2.75, 3.05) is 0 Å². The molecule has 0 saturated carbocycles. The summed E-state index contributed by atoms with van der Waals surface area (Å²) in [7, 11) is 0. The summed E-state index contributed by atoms with van der Waals surface area (Å²) in [4.78, 5) is 0. The first kappa shape index (κ1) is 11.9. The van der Waals surface area contributed by atoms with Gasteiger partial charge in [0.05, 0.1) is 11.4 Å². The first-order chi connectivity index (χ1) is 7.15. The Balaban J connectivity index is 2.54. The fourth-order valence-corrected chi connectivity index (χ4v) is 1.83. The molecule has 0 aromatic heterocycles. The van der Waals surface area contributed by atoms with Gasteiger partial charge >= 0.3 is 0 Å². The average molecular weight is 204 g/mol. The van der Waals surface area contributed by atoms with Gasteiger partial charge in [-0.15, -0.1) is 0 Å². The summed E-state index contributed by atoms with van der Waals surface area (Å²) < 4.78 is 0. The topological polar surface area (TPSA) is 47.7 Å². The summed E-state index contributed by atoms with van der Waals surface area (Å²) in [6, 6.07) is 0. The van der Waals surface area contributed by atoms with E-state index in [1.807, 2.05) is 6.08 Å². The summed E-state index contributed by atoms with van der Waals surface area (Å²) in [5.41, 5.74) is 2.12. The zero-order valence-corrected chi connectivity index (χ0v) is 9.64. The Bertz CT molecular complexity index is 310. The summed E-state index contributed by atoms with van der Waals surface area (Å²) in [5.74, 6) is 0.411. The van der Waals surface area contributed by atoms with Crippen molar-refractivity contribution in [2.45, 2.75) is 39.5 Å². The zero-order valence-electron chi connectivity index (χ0n) is 9.64. The van der Waals surface area contributed by atoms with Crippen LogP contribution in [0.15, 0.2) is 23.8 Å². The minimum atomic E-state index is 0.411. The van der Waals surface area contributed by atoms with Gasteiger partial charge in [0.15, 0.2) is 0 Å². The second kappa shape index (κ2) is 5.64. The molecule has 0 aromatic carbocycles. The van der Waals surface area contributed by atoms with E-state index in [0.717, 1.165) is 12.0 Å². The fraction of sp³-hybridized carbons (Fsp3) is 0.538. The van der Waals surface area contributed by atoms with Crippen molar-refractivity contribution >= 4 is 11.4 Å². The maximum absolute atomic E-state index is 7.79. The monoisotopic (exact) mass is 204 g/mol. The second-order valence-electron chi connectivity index (χ2n) is 4.20. The van der Waals surface area contributed by atoms with E-state index < -0.39 is 0 Å². The smallest absolute Gasteiger partial charge is 0.0576 e. The van der Waals surface area contributed by atoms with Crippen LogP contribution in [0.2, 0.25) is 0 Å². The molecule has 0 bridgehead atoms. The average Bonchev–Trinajstić information content (AvgIpc) is 2.22. The number of hydrogen-bond donors (Lipinski definition) is 2. The van der Waals surface area contributed by atoms with Crippen LogP contribution in [0.5, 0.6) is 0 Å². The van der Waals surface area contributed by atoms with Crippen LogP contribution in [0, 0.1) is 16.7 Å². The van der Waals surface area contributed by atoms with Gasteiger partial charge in [-0.3, -0.25) is 0 Å². The maximum Gasteiger partial charge on any atom is 0.0576 e. The van der Waals surface area contributed by atoms with Gasteiger partial charge in [0.25, 0.3) is 0 Å². The molecular formula is C13H20N2. The molecule has 0 spiro atoms. The second-order valence-corrected chi connectivity index (χ2v) is 4.20. The molecule has 2 N–H and O–H groups in total. The summed E-state index contributed by atoms with van der Waals surface area (Å²) >= 11 is 0. The molecule has 1 aliphatic carbocycles. The Morgan fingerprint density at radius 2 is 1.93 bits per heavy atom. The lowest BCUT2D eigenvalue weighted by atomic mass is 9.88. The summed E-state index contributed by atoms with van der Waals surface area (Å²) in [5, 5.41) is 15.4. The molecule has 15 heavy (non-hydrogen) atoms. The number of unbranched alkanes of at least 4 members (excludes halogenated alkanes) is 2. The molecule has 0 amide bonds. The molecule has 2 nitrogen and oxygen atoms in total. The van der Waals surface area contributed by atoms with Gasteiger partial charge in [0.2, 0.25) is 0 Å². The lowest BCUT2D eigenvalue weighted by molar-refractivity contribution is 0.566. The molecule has 0 heterocycles. The highest BCUT2D eigenvalue weighted by molar-refractivity contribution is 6.19. The van der Waals surface area contributed by atoms with Crippen molar-refractivity contribution in [3.05, 3.63) is 23.8 Å². The normalized spacial score (nSPS) is 17.9. The van der Waals surface area contributed by atoms with E-state index in [-0.39, 0.29) is 0 Å². The van der Waals surface area contributed by atoms with Crippen LogP contribution in [0.4, 0.5) is 0 Å². The lowest BCUT2D eigenvalue weighted by Crippen LogP contribution is -2.13. The van der Waals surface area contributed by atoms with Crippen LogP contribution < -0.4 is 0 Å². The van der Waals surface area contributed by atoms with Gasteiger partial charge in [-0.25, -0.2) is 0 Å². The van der Waals surface area contributed by atoms with E-state index in [4.69, 9.17) is 10.8 Å². The molecule has 1 atom stereocenters. The van der Waals surface area contributed by atoms with E-state index in [9.17, 15) is 0 Å². The summed E-state index contributed by atoms with van der Waals surface area (Å²) in [6.07, 6.45) is 10.1. The van der Waals surface area contributed by atoms with E-state index in [0.29, 0.717) is 17.3 Å². The minimum absolute atomic E-state index is 0.411. The van der Waals surface area contributed by atoms with E-state index in [1.54, 1.807) is 12.2 Å². The van der Waals surface area contributed by atoms with Crippen LogP contribution in [0.25, 0.3) is 0 Å². The Kier molecular flexibility index (Phi) is 4.47. The Morgan fingerprint density at radius 3 is 2.60 bits per heavy atom. The largest absolute Gasteiger partial charge is 0.301 e. The van der Waals surface area contributed by atoms with Crippen molar-refractivity contribution in [1.29, 1.82) is 10.8 Å². The Labute approximate surface area is 92.1 Å². The van der Waals surface area contributed by atoms with E-state index in [2.05, 4.69) is 13.8 Å². The fourth-order valence-electron chi connectivity index (χ4n) is 1.83. The van der Waals surface area contributed by atoms with Gasteiger partial charge in [-0.05, 0) is 36.1 Å². The predicted molar refractivity (Wildman–Crippen MR) is 66.0 cm³/mol. The van der Waals surface area contributed by atoms with E-state index in [1.165, 1.54) is 19.3 Å². The molecule has 0 fully saturated rings. The molecule has 1 rings (SSSR count). The van der Waals surface area contributed by atoms with Crippen molar-refractivity contribution < 1.29 is 0 Å². The van der Waals surface area contributed by atoms with Crippen LogP contribution >= 0.6 is 0 Å². The van der Waals surface area contributed by atoms with Crippen molar-refractivity contribution in [2.24, 2.45) is 5.92 Å². The van der Waals surface area contributed by atoms with Gasteiger partial charge in [0.1, 0.15) is 0 Å². The standard InChI is InChI=1S/C13H20N2/c1-3-4-5-6-10(2)12-9-11(14)7-8-13(12)15/h7-10,14-15H,3-6H2,1-2H3. The molecule has 0 saturated heterocycles. The molecule has 1 unspecified atom stereocenters. The Morgan fingerprint density at radius 1 is 1.20 bits per heavy atom. The molecule has 0 aromatic rings. The van der Waals surface area contributed by atoms with Gasteiger partial charge in [-0.1, -0.05) is 33.1 Å². The van der Waals surface area contributed by atoms with Crippen molar-refractivity contribution in [3.8, 4) is 0 Å². The number of rotatable bonds is 5. The molecular weight excluding hydrogens is 184 g/mol. The highest BCUT2D eigenvalue weighted by Gasteiger charge is 2.14. The third-order valence-corrected chi connectivity index (χ3v) is 2.82. The number of nitrogens with one attached hydrogen (secondary N) is 2. The van der Waals surface area contributed by atoms with Crippen LogP contribution in [-0.2, 0) is 0 Å². The molecule has 0 radical (unpaired) electrons. The van der Waals surface area contributed by atoms with Crippen LogP contribution in [0.1, 0.15) is 39.5 Å². The predicted octanol–water partition coefficient (Wildman–Crippen LogP) is 3.74. The van der Waals surface area contributed by atoms with E-state index >= 15 is 0 Å². The quantitative estimate of drug-likeness (QED) is 0.506. The zero-order chi connectivity index (χ0) is 11.3. The van der Waals surface area contributed by atoms with Crippen LogP contribution in [-0.4, -0.2) is 11.4 Å². The maximum atomic E-state index is 7.79. The molecule has 2 heteroatoms. The molecule has 82 valence electrons. The highest BCUT2D eigenvalue weighted by atomic mass is 14.5. The first-order valence-corrected chi connectivity index (χ1v) is 5.72.